The van der Waals surface area contributed by atoms with E-state index in [1.54, 1.807) is 0 Å². The molecule has 0 fully saturated rings. The molecule has 13 aromatic rings. The monoisotopic (exact) mass is 835 g/mol. The first kappa shape index (κ1) is 36.9. The molecule has 0 atom stereocenters. The molecule has 306 valence electrons. The molecule has 0 aliphatic heterocycles. The maximum absolute atomic E-state index is 2.54. The molecule has 66 heavy (non-hydrogen) atoms. The first-order chi connectivity index (χ1) is 32.8. The molecule has 0 heterocycles. The average Bonchev–Trinajstić information content (AvgIpc) is 3.70. The lowest BCUT2D eigenvalue weighted by molar-refractivity contribution is 0.768. The first-order valence-electron chi connectivity index (χ1n) is 23.0. The maximum atomic E-state index is 2.54. The SMILES string of the molecule is c1ccc(-c2ccc(N(c3cc4ccc5cccc6c7cccc8ccc9cccc(c(c3)c4c56)c9c87)c3cccc4c3-c3ccccc3C4(c3ccccc3)c3ccccc3)cc2)cc1. The largest absolute Gasteiger partial charge is 0.310 e. The summed E-state index contributed by atoms with van der Waals surface area (Å²) in [4.78, 5) is 2.54. The molecule has 0 saturated carbocycles. The van der Waals surface area contributed by atoms with Gasteiger partial charge < -0.3 is 4.90 Å². The van der Waals surface area contributed by atoms with Gasteiger partial charge in [0.25, 0.3) is 0 Å². The van der Waals surface area contributed by atoms with Crippen LogP contribution in [0.25, 0.3) is 86.9 Å². The van der Waals surface area contributed by atoms with Crippen molar-refractivity contribution in [3.8, 4) is 22.3 Å². The van der Waals surface area contributed by atoms with Gasteiger partial charge in [-0.2, -0.15) is 0 Å². The molecule has 0 amide bonds. The first-order valence-corrected chi connectivity index (χ1v) is 23.0. The summed E-state index contributed by atoms with van der Waals surface area (Å²) in [6, 6.07) is 93.0. The molecule has 1 heteroatoms. The van der Waals surface area contributed by atoms with E-state index in [0.717, 1.165) is 17.1 Å². The zero-order valence-corrected chi connectivity index (χ0v) is 36.1. The standard InChI is InChI=1S/C65H41N/c1-4-16-42(17-5-1)43-36-38-50(39-37-43)66(59-31-15-30-58-64(59)55-25-10-11-29-57(55)65(58,48-21-6-2-7-22-48)49-23-8-3-9-24-49)51-40-47-35-34-46-19-13-27-53-52-26-12-18-44-32-33-45-20-14-28-54(62(45)60(44)52)56(41-51)63(47)61(46)53/h1-41H. The minimum absolute atomic E-state index is 0.532. The Morgan fingerprint density at radius 3 is 1.36 bits per heavy atom. The van der Waals surface area contributed by atoms with Gasteiger partial charge >= 0.3 is 0 Å². The summed E-state index contributed by atoms with van der Waals surface area (Å²) >= 11 is 0. The normalized spacial score (nSPS) is 13.0. The van der Waals surface area contributed by atoms with Crippen molar-refractivity contribution in [1.82, 2.24) is 0 Å². The quantitative estimate of drug-likeness (QED) is 0.151. The van der Waals surface area contributed by atoms with Crippen molar-refractivity contribution in [2.24, 2.45) is 0 Å². The second-order valence-electron chi connectivity index (χ2n) is 17.9. The van der Waals surface area contributed by atoms with E-state index in [4.69, 9.17) is 0 Å². The Morgan fingerprint density at radius 1 is 0.288 bits per heavy atom. The van der Waals surface area contributed by atoms with Crippen molar-refractivity contribution in [2.45, 2.75) is 5.41 Å². The third-order valence-corrected chi connectivity index (χ3v) is 14.6. The average molecular weight is 836 g/mol. The molecule has 0 unspecified atom stereocenters. The molecule has 1 nitrogen and oxygen atoms in total. The fraction of sp³-hybridized carbons (Fsp3) is 0.0154. The second kappa shape index (κ2) is 14.2. The van der Waals surface area contributed by atoms with E-state index in [9.17, 15) is 0 Å². The summed E-state index contributed by atoms with van der Waals surface area (Å²) in [5, 5.41) is 15.3. The van der Waals surface area contributed by atoms with Crippen molar-refractivity contribution < 1.29 is 0 Å². The minimum Gasteiger partial charge on any atom is -0.310 e. The van der Waals surface area contributed by atoms with Crippen LogP contribution >= 0.6 is 0 Å². The van der Waals surface area contributed by atoms with Crippen molar-refractivity contribution in [1.29, 1.82) is 0 Å². The zero-order valence-electron chi connectivity index (χ0n) is 36.1. The molecule has 13 aromatic carbocycles. The Balaban J connectivity index is 1.13. The maximum Gasteiger partial charge on any atom is 0.0714 e. The molecular weight excluding hydrogens is 795 g/mol. The molecule has 1 aliphatic carbocycles. The highest BCUT2D eigenvalue weighted by Gasteiger charge is 2.47. The lowest BCUT2D eigenvalue weighted by atomic mass is 9.68. The number of rotatable bonds is 6. The van der Waals surface area contributed by atoms with Gasteiger partial charge in [-0.25, -0.2) is 0 Å². The third-order valence-electron chi connectivity index (χ3n) is 14.6. The van der Waals surface area contributed by atoms with E-state index in [0.29, 0.717) is 0 Å². The highest BCUT2D eigenvalue weighted by Crippen LogP contribution is 2.60. The van der Waals surface area contributed by atoms with Crippen LogP contribution in [0.5, 0.6) is 0 Å². The zero-order chi connectivity index (χ0) is 43.3. The van der Waals surface area contributed by atoms with Gasteiger partial charge in [-0.05, 0) is 134 Å². The molecule has 0 bridgehead atoms. The van der Waals surface area contributed by atoms with Crippen LogP contribution in [0.1, 0.15) is 22.3 Å². The van der Waals surface area contributed by atoms with Crippen LogP contribution < -0.4 is 4.90 Å². The number of nitrogens with zero attached hydrogens (tertiary/aromatic N) is 1. The second-order valence-corrected chi connectivity index (χ2v) is 17.9. The van der Waals surface area contributed by atoms with Crippen LogP contribution in [0.3, 0.4) is 0 Å². The predicted octanol–water partition coefficient (Wildman–Crippen LogP) is 17.5. The Labute approximate surface area is 383 Å². The summed E-state index contributed by atoms with van der Waals surface area (Å²) in [5.41, 5.74) is 12.8. The van der Waals surface area contributed by atoms with Crippen LogP contribution in [0.15, 0.2) is 249 Å². The topological polar surface area (TPSA) is 3.24 Å². The molecule has 0 radical (unpaired) electrons. The fourth-order valence-corrected chi connectivity index (χ4v) is 11.9. The van der Waals surface area contributed by atoms with Crippen molar-refractivity contribution in [3.05, 3.63) is 271 Å². The van der Waals surface area contributed by atoms with E-state index in [1.165, 1.54) is 109 Å². The molecule has 0 spiro atoms. The van der Waals surface area contributed by atoms with E-state index >= 15 is 0 Å². The van der Waals surface area contributed by atoms with Crippen LogP contribution in [-0.4, -0.2) is 0 Å². The summed E-state index contributed by atoms with van der Waals surface area (Å²) in [5.74, 6) is 0. The molecule has 14 rings (SSSR count). The number of hydrogen-bond donors (Lipinski definition) is 0. The third kappa shape index (κ3) is 5.17. The Hall–Kier alpha value is -8.52. The van der Waals surface area contributed by atoms with Gasteiger partial charge in [0.15, 0.2) is 0 Å². The number of benzene rings is 12. The van der Waals surface area contributed by atoms with Gasteiger partial charge in [-0.3, -0.25) is 0 Å². The van der Waals surface area contributed by atoms with Crippen molar-refractivity contribution in [3.63, 3.8) is 0 Å². The summed E-state index contributed by atoms with van der Waals surface area (Å²) < 4.78 is 0. The lowest BCUT2D eigenvalue weighted by Crippen LogP contribution is -2.28. The smallest absolute Gasteiger partial charge is 0.0714 e. The molecule has 0 saturated heterocycles. The predicted molar refractivity (Wildman–Crippen MR) is 280 cm³/mol. The van der Waals surface area contributed by atoms with E-state index in [2.05, 4.69) is 254 Å². The van der Waals surface area contributed by atoms with Crippen LogP contribution in [0.4, 0.5) is 17.1 Å². The van der Waals surface area contributed by atoms with Crippen LogP contribution in [0.2, 0.25) is 0 Å². The number of fused-ring (bicyclic) bond motifs is 5. The van der Waals surface area contributed by atoms with Gasteiger partial charge in [0.1, 0.15) is 0 Å². The fourth-order valence-electron chi connectivity index (χ4n) is 11.9. The van der Waals surface area contributed by atoms with Crippen LogP contribution in [0, 0.1) is 0 Å². The molecular formula is C65H41N. The van der Waals surface area contributed by atoms with Gasteiger partial charge in [-0.15, -0.1) is 0 Å². The minimum atomic E-state index is -0.532. The summed E-state index contributed by atoms with van der Waals surface area (Å²) in [6.45, 7) is 0. The molecule has 1 aliphatic rings. The summed E-state index contributed by atoms with van der Waals surface area (Å²) in [7, 11) is 0. The van der Waals surface area contributed by atoms with Gasteiger partial charge in [0.05, 0.1) is 11.1 Å². The highest BCUT2D eigenvalue weighted by atomic mass is 15.1. The van der Waals surface area contributed by atoms with E-state index < -0.39 is 5.41 Å². The van der Waals surface area contributed by atoms with E-state index in [-0.39, 0.29) is 0 Å². The lowest BCUT2D eigenvalue weighted by Gasteiger charge is -2.34. The number of hydrogen-bond acceptors (Lipinski definition) is 1. The Morgan fingerprint density at radius 2 is 0.758 bits per heavy atom. The number of anilines is 3. The van der Waals surface area contributed by atoms with Crippen LogP contribution in [-0.2, 0) is 5.41 Å². The van der Waals surface area contributed by atoms with E-state index in [1.807, 2.05) is 0 Å². The molecule has 0 N–H and O–H groups in total. The van der Waals surface area contributed by atoms with Gasteiger partial charge in [-0.1, -0.05) is 218 Å². The highest BCUT2D eigenvalue weighted by molar-refractivity contribution is 6.37. The summed E-state index contributed by atoms with van der Waals surface area (Å²) in [6.07, 6.45) is 0. The van der Waals surface area contributed by atoms with Gasteiger partial charge in [0.2, 0.25) is 0 Å². The Bertz CT molecular complexity index is 3980. The van der Waals surface area contributed by atoms with Crippen molar-refractivity contribution >= 4 is 81.7 Å². The Kier molecular flexibility index (Phi) is 7.97. The van der Waals surface area contributed by atoms with Crippen molar-refractivity contribution in [2.75, 3.05) is 4.90 Å². The molecule has 0 aromatic heterocycles. The van der Waals surface area contributed by atoms with Gasteiger partial charge in [0, 0.05) is 16.9 Å².